The number of nitrogens with two attached hydrogens (primary N) is 1. The van der Waals surface area contributed by atoms with E-state index in [1.807, 2.05) is 6.92 Å². The molecule has 0 aromatic heterocycles. The number of benzene rings is 1. The van der Waals surface area contributed by atoms with E-state index < -0.39 is 28.9 Å². The number of hydrogen-bond acceptors (Lipinski definition) is 2. The van der Waals surface area contributed by atoms with Gasteiger partial charge in [-0.3, -0.25) is 4.79 Å². The minimum atomic E-state index is -1.21. The Balaban J connectivity index is 2.73. The summed E-state index contributed by atoms with van der Waals surface area (Å²) in [5, 5.41) is 2.44. The largest absolute Gasteiger partial charge is 0.352 e. The molecule has 1 rings (SSSR count). The molecular formula is C13H17F3N2O. The van der Waals surface area contributed by atoms with Crippen LogP contribution in [-0.2, 0) is 0 Å². The van der Waals surface area contributed by atoms with Crippen LogP contribution in [0.15, 0.2) is 12.1 Å². The second-order valence-electron chi connectivity index (χ2n) is 4.31. The second-order valence-corrected chi connectivity index (χ2v) is 4.31. The maximum Gasteiger partial charge on any atom is 0.257 e. The third-order valence-corrected chi connectivity index (χ3v) is 2.94. The van der Waals surface area contributed by atoms with E-state index in [0.29, 0.717) is 25.1 Å². The minimum Gasteiger partial charge on any atom is -0.352 e. The van der Waals surface area contributed by atoms with Crippen LogP contribution in [0.5, 0.6) is 0 Å². The highest BCUT2D eigenvalue weighted by atomic mass is 19.1. The van der Waals surface area contributed by atoms with Crippen LogP contribution in [0.25, 0.3) is 0 Å². The van der Waals surface area contributed by atoms with E-state index in [1.54, 1.807) is 0 Å². The Bertz CT molecular complexity index is 429. The molecule has 1 amide bonds. The normalized spacial score (nSPS) is 12.3. The lowest BCUT2D eigenvalue weighted by molar-refractivity contribution is 0.0937. The Morgan fingerprint density at radius 3 is 2.37 bits per heavy atom. The van der Waals surface area contributed by atoms with E-state index >= 15 is 0 Å². The molecule has 0 aliphatic heterocycles. The molecule has 0 bridgehead atoms. The van der Waals surface area contributed by atoms with Crippen LogP contribution in [0.4, 0.5) is 13.2 Å². The topological polar surface area (TPSA) is 55.1 Å². The number of nitrogens with one attached hydrogen (secondary N) is 1. The summed E-state index contributed by atoms with van der Waals surface area (Å²) in [7, 11) is 0. The van der Waals surface area contributed by atoms with Crippen LogP contribution in [0.3, 0.4) is 0 Å². The number of rotatable bonds is 6. The zero-order valence-electron chi connectivity index (χ0n) is 10.7. The highest BCUT2D eigenvalue weighted by Gasteiger charge is 2.19. The Kier molecular flexibility index (Phi) is 5.82. The summed E-state index contributed by atoms with van der Waals surface area (Å²) in [6.07, 6.45) is 1.51. The van der Waals surface area contributed by atoms with Gasteiger partial charge in [-0.05, 0) is 18.9 Å². The van der Waals surface area contributed by atoms with Gasteiger partial charge in [-0.25, -0.2) is 13.2 Å². The molecule has 0 saturated carbocycles. The number of hydrogen-bond donors (Lipinski definition) is 2. The highest BCUT2D eigenvalue weighted by Crippen LogP contribution is 2.15. The van der Waals surface area contributed by atoms with Crippen LogP contribution in [0.2, 0.25) is 0 Å². The molecule has 3 N–H and O–H groups in total. The minimum absolute atomic E-state index is 0.153. The third-order valence-electron chi connectivity index (χ3n) is 2.94. The zero-order chi connectivity index (χ0) is 14.4. The summed E-state index contributed by atoms with van der Waals surface area (Å²) in [6, 6.07) is 0.963. The quantitative estimate of drug-likeness (QED) is 0.835. The van der Waals surface area contributed by atoms with E-state index in [4.69, 9.17) is 5.73 Å². The van der Waals surface area contributed by atoms with Gasteiger partial charge < -0.3 is 11.1 Å². The molecule has 6 heteroatoms. The zero-order valence-corrected chi connectivity index (χ0v) is 10.7. The predicted octanol–water partition coefficient (Wildman–Crippen LogP) is 2.21. The van der Waals surface area contributed by atoms with E-state index in [1.165, 1.54) is 0 Å². The predicted molar refractivity (Wildman–Crippen MR) is 66.1 cm³/mol. The van der Waals surface area contributed by atoms with Crippen LogP contribution in [0, 0.1) is 23.4 Å². The molecule has 1 atom stereocenters. The average molecular weight is 274 g/mol. The van der Waals surface area contributed by atoms with Crippen LogP contribution >= 0.6 is 0 Å². The van der Waals surface area contributed by atoms with Crippen molar-refractivity contribution >= 4 is 5.91 Å². The van der Waals surface area contributed by atoms with E-state index in [0.717, 1.165) is 6.42 Å². The molecule has 19 heavy (non-hydrogen) atoms. The Morgan fingerprint density at radius 1 is 1.32 bits per heavy atom. The first kappa shape index (κ1) is 15.5. The number of amides is 1. The molecule has 0 aliphatic carbocycles. The first-order chi connectivity index (χ1) is 8.99. The average Bonchev–Trinajstić information content (AvgIpc) is 2.33. The molecule has 0 radical (unpaired) electrons. The van der Waals surface area contributed by atoms with Gasteiger partial charge in [0.05, 0.1) is 0 Å². The van der Waals surface area contributed by atoms with Gasteiger partial charge >= 0.3 is 0 Å². The van der Waals surface area contributed by atoms with Gasteiger partial charge in [-0.2, -0.15) is 0 Å². The highest BCUT2D eigenvalue weighted by molar-refractivity contribution is 5.94. The molecule has 0 spiro atoms. The van der Waals surface area contributed by atoms with Crippen LogP contribution in [-0.4, -0.2) is 19.0 Å². The number of carbonyl (C=O) groups is 1. The van der Waals surface area contributed by atoms with Crippen molar-refractivity contribution in [2.45, 2.75) is 19.8 Å². The summed E-state index contributed by atoms with van der Waals surface area (Å²) >= 11 is 0. The van der Waals surface area contributed by atoms with Crippen molar-refractivity contribution < 1.29 is 18.0 Å². The maximum absolute atomic E-state index is 13.4. The van der Waals surface area contributed by atoms with Crippen molar-refractivity contribution in [3.05, 3.63) is 35.1 Å². The van der Waals surface area contributed by atoms with Crippen molar-refractivity contribution in [2.75, 3.05) is 13.1 Å². The standard InChI is InChI=1S/C13H17F3N2O/c1-2-8(3-4-17)7-18-13(19)12-10(15)5-9(14)6-11(12)16/h5-6,8H,2-4,7,17H2,1H3,(H,18,19). The monoisotopic (exact) mass is 274 g/mol. The van der Waals surface area contributed by atoms with Gasteiger partial charge in [0.25, 0.3) is 5.91 Å². The third kappa shape index (κ3) is 4.24. The lowest BCUT2D eigenvalue weighted by Gasteiger charge is -2.15. The smallest absolute Gasteiger partial charge is 0.257 e. The van der Waals surface area contributed by atoms with Crippen molar-refractivity contribution in [3.8, 4) is 0 Å². The van der Waals surface area contributed by atoms with Crippen LogP contribution in [0.1, 0.15) is 30.1 Å². The van der Waals surface area contributed by atoms with Crippen molar-refractivity contribution in [1.29, 1.82) is 0 Å². The molecule has 1 aromatic rings. The van der Waals surface area contributed by atoms with Crippen molar-refractivity contribution in [2.24, 2.45) is 11.7 Å². The lowest BCUT2D eigenvalue weighted by Crippen LogP contribution is -2.31. The molecule has 106 valence electrons. The van der Waals surface area contributed by atoms with Gasteiger partial charge in [-0.1, -0.05) is 13.3 Å². The summed E-state index contributed by atoms with van der Waals surface area (Å²) in [5.74, 6) is -4.20. The molecule has 1 aromatic carbocycles. The van der Waals surface area contributed by atoms with Crippen molar-refractivity contribution in [1.82, 2.24) is 5.32 Å². The van der Waals surface area contributed by atoms with E-state index in [2.05, 4.69) is 5.32 Å². The van der Waals surface area contributed by atoms with Gasteiger partial charge in [0.1, 0.15) is 23.0 Å². The SMILES string of the molecule is CCC(CCN)CNC(=O)c1c(F)cc(F)cc1F. The first-order valence-electron chi connectivity index (χ1n) is 6.12. The molecule has 0 fully saturated rings. The summed E-state index contributed by atoms with van der Waals surface area (Å²) in [6.45, 7) is 2.70. The fraction of sp³-hybridized carbons (Fsp3) is 0.462. The van der Waals surface area contributed by atoms with Gasteiger partial charge in [0.15, 0.2) is 0 Å². The first-order valence-corrected chi connectivity index (χ1v) is 6.12. The van der Waals surface area contributed by atoms with Crippen LogP contribution < -0.4 is 11.1 Å². The summed E-state index contributed by atoms with van der Waals surface area (Å²) in [4.78, 5) is 11.7. The van der Waals surface area contributed by atoms with Gasteiger partial charge in [0, 0.05) is 18.7 Å². The number of carbonyl (C=O) groups excluding carboxylic acids is 1. The fourth-order valence-corrected chi connectivity index (χ4v) is 1.77. The Hall–Kier alpha value is -1.56. The summed E-state index contributed by atoms with van der Waals surface area (Å²) in [5.41, 5.74) is 4.65. The van der Waals surface area contributed by atoms with Gasteiger partial charge in [-0.15, -0.1) is 0 Å². The fourth-order valence-electron chi connectivity index (χ4n) is 1.77. The summed E-state index contributed by atoms with van der Waals surface area (Å²) < 4.78 is 39.4. The molecule has 0 saturated heterocycles. The maximum atomic E-state index is 13.4. The number of halogens is 3. The molecule has 1 unspecified atom stereocenters. The lowest BCUT2D eigenvalue weighted by atomic mass is 10.0. The van der Waals surface area contributed by atoms with E-state index in [-0.39, 0.29) is 12.5 Å². The van der Waals surface area contributed by atoms with Crippen molar-refractivity contribution in [3.63, 3.8) is 0 Å². The second kappa shape index (κ2) is 7.13. The van der Waals surface area contributed by atoms with E-state index in [9.17, 15) is 18.0 Å². The van der Waals surface area contributed by atoms with Gasteiger partial charge in [0.2, 0.25) is 0 Å². The Labute approximate surface area is 110 Å². The molecular weight excluding hydrogens is 257 g/mol. The molecule has 0 heterocycles. The Morgan fingerprint density at radius 2 is 1.89 bits per heavy atom. The molecule has 0 aliphatic rings. The molecule has 3 nitrogen and oxygen atoms in total.